The molecule has 0 spiro atoms. The minimum absolute atomic E-state index is 0.0789. The van der Waals surface area contributed by atoms with E-state index in [9.17, 15) is 18.7 Å². The summed E-state index contributed by atoms with van der Waals surface area (Å²) in [7, 11) is 0. The van der Waals surface area contributed by atoms with Gasteiger partial charge in [-0.1, -0.05) is 13.0 Å². The number of nitrogens with one attached hydrogen (secondary N) is 1. The summed E-state index contributed by atoms with van der Waals surface area (Å²) >= 11 is 0. The number of carbonyl (C=O) groups excluding carboxylic acids is 1. The number of halogens is 2. The van der Waals surface area contributed by atoms with Gasteiger partial charge in [0.15, 0.2) is 6.61 Å². The Kier molecular flexibility index (Phi) is 4.65. The van der Waals surface area contributed by atoms with E-state index in [0.717, 1.165) is 6.07 Å². The zero-order chi connectivity index (χ0) is 18.0. The number of rotatable bonds is 4. The zero-order valence-electron chi connectivity index (χ0n) is 13.4. The number of phenols is 1. The molecule has 0 aromatic heterocycles. The van der Waals surface area contributed by atoms with Crippen LogP contribution in [0, 0.1) is 11.6 Å². The molecule has 2 N–H and O–H groups in total. The van der Waals surface area contributed by atoms with Gasteiger partial charge >= 0.3 is 0 Å². The summed E-state index contributed by atoms with van der Waals surface area (Å²) in [6.07, 6.45) is 0.398. The molecule has 0 saturated carbocycles. The van der Waals surface area contributed by atoms with Crippen molar-refractivity contribution in [1.29, 1.82) is 0 Å². The molecular weight excluding hydrogens is 330 g/mol. The smallest absolute Gasteiger partial charge is 0.277 e. The van der Waals surface area contributed by atoms with Crippen molar-refractivity contribution >= 4 is 11.6 Å². The van der Waals surface area contributed by atoms with Gasteiger partial charge in [-0.3, -0.25) is 4.79 Å². The SMILES string of the molecule is C[C@H]1C/C(=N\NC(=O)COc2cccc(F)c2)c2c(O)ccc(F)c21. The topological polar surface area (TPSA) is 70.9 Å². The standard InChI is InChI=1S/C18H16F2N2O3/c1-10-7-14(18-15(23)6-5-13(20)17(10)18)21-22-16(24)9-25-12-4-2-3-11(19)8-12/h2-6,8,10,23H,7,9H2,1H3,(H,22,24)/b21-14+/t10-/m0/s1. The number of aromatic hydroxyl groups is 1. The molecule has 2 aromatic carbocycles. The van der Waals surface area contributed by atoms with E-state index in [1.165, 1.54) is 30.3 Å². The normalized spacial score (nSPS) is 17.4. The molecule has 2 aromatic rings. The second-order valence-electron chi connectivity index (χ2n) is 5.80. The average Bonchev–Trinajstić information content (AvgIpc) is 2.92. The van der Waals surface area contributed by atoms with Crippen molar-refractivity contribution in [3.63, 3.8) is 0 Å². The lowest BCUT2D eigenvalue weighted by atomic mass is 10.0. The van der Waals surface area contributed by atoms with Gasteiger partial charge in [-0.25, -0.2) is 14.2 Å². The summed E-state index contributed by atoms with van der Waals surface area (Å²) in [5, 5.41) is 13.9. The number of hydrogen-bond donors (Lipinski definition) is 2. The fraction of sp³-hybridized carbons (Fsp3) is 0.222. The Morgan fingerprint density at radius 2 is 2.16 bits per heavy atom. The van der Waals surface area contributed by atoms with Crippen molar-refractivity contribution in [2.24, 2.45) is 5.10 Å². The Labute approximate surface area is 142 Å². The van der Waals surface area contributed by atoms with Crippen molar-refractivity contribution in [3.05, 3.63) is 59.2 Å². The van der Waals surface area contributed by atoms with Gasteiger partial charge in [0, 0.05) is 17.2 Å². The first kappa shape index (κ1) is 16.9. The molecule has 1 aliphatic rings. The molecule has 0 bridgehead atoms. The number of nitrogens with zero attached hydrogens (tertiary/aromatic N) is 1. The predicted molar refractivity (Wildman–Crippen MR) is 87.7 cm³/mol. The number of phenolic OH excluding ortho intramolecular Hbond substituents is 1. The van der Waals surface area contributed by atoms with Crippen LogP contribution in [0.15, 0.2) is 41.5 Å². The third-order valence-corrected chi connectivity index (χ3v) is 3.93. The third kappa shape index (κ3) is 3.60. The number of hydrazone groups is 1. The Morgan fingerprint density at radius 1 is 1.36 bits per heavy atom. The molecule has 1 amide bonds. The van der Waals surface area contributed by atoms with Gasteiger partial charge in [-0.15, -0.1) is 0 Å². The molecule has 0 radical (unpaired) electrons. The van der Waals surface area contributed by atoms with E-state index >= 15 is 0 Å². The van der Waals surface area contributed by atoms with E-state index < -0.39 is 17.5 Å². The highest BCUT2D eigenvalue weighted by atomic mass is 19.1. The maximum absolute atomic E-state index is 13.9. The van der Waals surface area contributed by atoms with Crippen molar-refractivity contribution in [3.8, 4) is 11.5 Å². The second-order valence-corrected chi connectivity index (χ2v) is 5.80. The van der Waals surface area contributed by atoms with Crippen molar-refractivity contribution in [2.45, 2.75) is 19.3 Å². The molecule has 0 fully saturated rings. The Bertz CT molecular complexity index is 852. The highest BCUT2D eigenvalue weighted by Crippen LogP contribution is 2.39. The molecule has 1 aliphatic carbocycles. The molecule has 25 heavy (non-hydrogen) atoms. The molecule has 0 saturated heterocycles. The van der Waals surface area contributed by atoms with Crippen molar-refractivity contribution < 1.29 is 23.4 Å². The number of fused-ring (bicyclic) bond motifs is 1. The molecule has 0 unspecified atom stereocenters. The van der Waals surface area contributed by atoms with Crippen LogP contribution in [0.25, 0.3) is 0 Å². The van der Waals surface area contributed by atoms with Crippen LogP contribution in [0.3, 0.4) is 0 Å². The third-order valence-electron chi connectivity index (χ3n) is 3.93. The summed E-state index contributed by atoms with van der Waals surface area (Å²) in [5.74, 6) is -1.43. The lowest BCUT2D eigenvalue weighted by Crippen LogP contribution is -2.25. The van der Waals surface area contributed by atoms with Gasteiger partial charge in [0.05, 0.1) is 5.71 Å². The second kappa shape index (κ2) is 6.88. The maximum Gasteiger partial charge on any atom is 0.277 e. The van der Waals surface area contributed by atoms with Gasteiger partial charge in [0.2, 0.25) is 0 Å². The van der Waals surface area contributed by atoms with Crippen LogP contribution in [-0.2, 0) is 4.79 Å². The summed E-state index contributed by atoms with van der Waals surface area (Å²) in [6, 6.07) is 7.89. The van der Waals surface area contributed by atoms with Crippen LogP contribution in [-0.4, -0.2) is 23.3 Å². The van der Waals surface area contributed by atoms with Gasteiger partial charge in [-0.2, -0.15) is 5.10 Å². The highest BCUT2D eigenvalue weighted by Gasteiger charge is 2.30. The lowest BCUT2D eigenvalue weighted by molar-refractivity contribution is -0.123. The summed E-state index contributed by atoms with van der Waals surface area (Å²) in [6.45, 7) is 1.47. The first-order valence-electron chi connectivity index (χ1n) is 7.71. The molecule has 0 aliphatic heterocycles. The molecule has 0 heterocycles. The van der Waals surface area contributed by atoms with Crippen LogP contribution in [0.5, 0.6) is 11.5 Å². The van der Waals surface area contributed by atoms with Crippen LogP contribution in [0.1, 0.15) is 30.4 Å². The zero-order valence-corrected chi connectivity index (χ0v) is 13.4. The van der Waals surface area contributed by atoms with E-state index in [0.29, 0.717) is 23.3 Å². The molecule has 130 valence electrons. The summed E-state index contributed by atoms with van der Waals surface area (Å²) < 4.78 is 32.1. The van der Waals surface area contributed by atoms with Crippen LogP contribution < -0.4 is 10.2 Å². The fourth-order valence-electron chi connectivity index (χ4n) is 2.83. The van der Waals surface area contributed by atoms with E-state index in [2.05, 4.69) is 10.5 Å². The van der Waals surface area contributed by atoms with Gasteiger partial charge < -0.3 is 9.84 Å². The minimum Gasteiger partial charge on any atom is -0.507 e. The van der Waals surface area contributed by atoms with Crippen molar-refractivity contribution in [1.82, 2.24) is 5.43 Å². The van der Waals surface area contributed by atoms with E-state index in [1.54, 1.807) is 0 Å². The number of benzene rings is 2. The lowest BCUT2D eigenvalue weighted by Gasteiger charge is -2.07. The summed E-state index contributed by atoms with van der Waals surface area (Å²) in [4.78, 5) is 11.8. The Morgan fingerprint density at radius 3 is 2.92 bits per heavy atom. The van der Waals surface area contributed by atoms with E-state index in [1.807, 2.05) is 6.92 Å². The van der Waals surface area contributed by atoms with Crippen molar-refractivity contribution in [2.75, 3.05) is 6.61 Å². The Hall–Kier alpha value is -2.96. The monoisotopic (exact) mass is 346 g/mol. The van der Waals surface area contributed by atoms with Gasteiger partial charge in [-0.05, 0) is 36.6 Å². The van der Waals surface area contributed by atoms with E-state index in [4.69, 9.17) is 4.74 Å². The number of carbonyl (C=O) groups is 1. The molecule has 7 heteroatoms. The molecule has 1 atom stereocenters. The number of ether oxygens (including phenoxy) is 1. The van der Waals surface area contributed by atoms with Gasteiger partial charge in [0.25, 0.3) is 5.91 Å². The summed E-state index contributed by atoms with van der Waals surface area (Å²) in [5.41, 5.74) is 3.43. The first-order chi connectivity index (χ1) is 12.0. The first-order valence-corrected chi connectivity index (χ1v) is 7.71. The highest BCUT2D eigenvalue weighted by molar-refractivity contribution is 6.07. The Balaban J connectivity index is 1.67. The minimum atomic E-state index is -0.547. The maximum atomic E-state index is 13.9. The van der Waals surface area contributed by atoms with E-state index in [-0.39, 0.29) is 24.0 Å². The number of amides is 1. The quantitative estimate of drug-likeness (QED) is 0.836. The van der Waals surface area contributed by atoms with Crippen LogP contribution >= 0.6 is 0 Å². The predicted octanol–water partition coefficient (Wildman–Crippen LogP) is 3.08. The largest absolute Gasteiger partial charge is 0.507 e. The van der Waals surface area contributed by atoms with Crippen LogP contribution in [0.2, 0.25) is 0 Å². The average molecular weight is 346 g/mol. The molecule has 5 nitrogen and oxygen atoms in total. The molecular formula is C18H16F2N2O3. The fourth-order valence-corrected chi connectivity index (χ4v) is 2.83. The molecule has 3 rings (SSSR count). The van der Waals surface area contributed by atoms with Gasteiger partial charge in [0.1, 0.15) is 23.1 Å². The van der Waals surface area contributed by atoms with Crippen LogP contribution in [0.4, 0.5) is 8.78 Å². The number of hydrogen-bond acceptors (Lipinski definition) is 4.